The summed E-state index contributed by atoms with van der Waals surface area (Å²) in [6.07, 6.45) is 0.723. The highest BCUT2D eigenvalue weighted by Gasteiger charge is 2.16. The molecule has 0 saturated carbocycles. The number of anilines is 2. The first kappa shape index (κ1) is 14.6. The first-order valence-corrected chi connectivity index (χ1v) is 6.17. The third-order valence-electron chi connectivity index (χ3n) is 2.59. The molecule has 0 saturated heterocycles. The van der Waals surface area contributed by atoms with Gasteiger partial charge in [0.05, 0.1) is 6.54 Å². The molecule has 0 radical (unpaired) electrons. The fraction of sp³-hybridized carbons (Fsp3) is 0.667. The van der Waals surface area contributed by atoms with Crippen LogP contribution in [0.15, 0.2) is 6.33 Å². The Morgan fingerprint density at radius 1 is 1.33 bits per heavy atom. The summed E-state index contributed by atoms with van der Waals surface area (Å²) in [5.41, 5.74) is 0.883. The van der Waals surface area contributed by atoms with Crippen molar-refractivity contribution in [2.24, 2.45) is 0 Å². The van der Waals surface area contributed by atoms with Gasteiger partial charge in [0.2, 0.25) is 0 Å². The molecular weight excluding hydrogens is 238 g/mol. The summed E-state index contributed by atoms with van der Waals surface area (Å²) in [6.45, 7) is 4.51. The summed E-state index contributed by atoms with van der Waals surface area (Å²) in [5, 5.41) is 3.20. The zero-order chi connectivity index (χ0) is 13.5. The van der Waals surface area contributed by atoms with Gasteiger partial charge in [0.25, 0.3) is 6.43 Å². The van der Waals surface area contributed by atoms with Crippen LogP contribution in [0.2, 0.25) is 0 Å². The third kappa shape index (κ3) is 3.78. The van der Waals surface area contributed by atoms with E-state index < -0.39 is 6.43 Å². The Morgan fingerprint density at radius 3 is 2.61 bits per heavy atom. The van der Waals surface area contributed by atoms with E-state index >= 15 is 0 Å². The van der Waals surface area contributed by atoms with Crippen LogP contribution in [-0.2, 0) is 6.42 Å². The predicted octanol–water partition coefficient (Wildman–Crippen LogP) is 2.56. The summed E-state index contributed by atoms with van der Waals surface area (Å²) in [4.78, 5) is 9.76. The summed E-state index contributed by atoms with van der Waals surface area (Å²) in [5.74, 6) is 1.32. The quantitative estimate of drug-likeness (QED) is 0.816. The molecule has 1 aromatic rings. The average Bonchev–Trinajstić information content (AvgIpc) is 2.34. The standard InChI is InChI=1S/C12H20F2N4/c1-4-6-15-11-9(5-2)12(17-8-16-11)18(3)7-10(13)14/h8,10H,4-7H2,1-3H3,(H,15,16,17). The van der Waals surface area contributed by atoms with Gasteiger partial charge in [-0.15, -0.1) is 0 Å². The van der Waals surface area contributed by atoms with Crippen molar-refractivity contribution in [1.29, 1.82) is 0 Å². The maximum Gasteiger partial charge on any atom is 0.255 e. The molecule has 0 aliphatic heterocycles. The number of nitrogens with zero attached hydrogens (tertiary/aromatic N) is 3. The lowest BCUT2D eigenvalue weighted by atomic mass is 10.2. The van der Waals surface area contributed by atoms with Crippen molar-refractivity contribution in [3.8, 4) is 0 Å². The van der Waals surface area contributed by atoms with Gasteiger partial charge in [0.15, 0.2) is 0 Å². The highest BCUT2D eigenvalue weighted by atomic mass is 19.3. The maximum absolute atomic E-state index is 12.4. The van der Waals surface area contributed by atoms with E-state index in [2.05, 4.69) is 22.2 Å². The maximum atomic E-state index is 12.4. The molecular formula is C12H20F2N4. The zero-order valence-electron chi connectivity index (χ0n) is 11.1. The van der Waals surface area contributed by atoms with Crippen molar-refractivity contribution >= 4 is 11.6 Å². The Kier molecular flexibility index (Phi) is 5.74. The molecule has 0 aliphatic carbocycles. The van der Waals surface area contributed by atoms with Gasteiger partial charge in [-0.25, -0.2) is 18.7 Å². The van der Waals surface area contributed by atoms with Gasteiger partial charge in [-0.05, 0) is 12.8 Å². The van der Waals surface area contributed by atoms with E-state index in [-0.39, 0.29) is 6.54 Å². The van der Waals surface area contributed by atoms with E-state index in [0.717, 1.165) is 24.3 Å². The Morgan fingerprint density at radius 2 is 2.06 bits per heavy atom. The van der Waals surface area contributed by atoms with E-state index in [1.807, 2.05) is 6.92 Å². The van der Waals surface area contributed by atoms with Crippen molar-refractivity contribution in [1.82, 2.24) is 9.97 Å². The topological polar surface area (TPSA) is 41.1 Å². The summed E-state index contributed by atoms with van der Waals surface area (Å²) < 4.78 is 24.8. The first-order valence-electron chi connectivity index (χ1n) is 6.17. The van der Waals surface area contributed by atoms with Crippen LogP contribution in [0.5, 0.6) is 0 Å². The molecule has 6 heteroatoms. The van der Waals surface area contributed by atoms with Crippen molar-refractivity contribution < 1.29 is 8.78 Å². The molecule has 0 unspecified atom stereocenters. The molecule has 1 heterocycles. The molecule has 0 fully saturated rings. The lowest BCUT2D eigenvalue weighted by molar-refractivity contribution is 0.156. The van der Waals surface area contributed by atoms with Crippen molar-refractivity contribution in [3.05, 3.63) is 11.9 Å². The number of nitrogens with one attached hydrogen (secondary N) is 1. The van der Waals surface area contributed by atoms with Gasteiger partial charge in [-0.3, -0.25) is 0 Å². The van der Waals surface area contributed by atoms with Crippen LogP contribution in [-0.4, -0.2) is 36.5 Å². The van der Waals surface area contributed by atoms with Crippen LogP contribution in [0.3, 0.4) is 0 Å². The zero-order valence-corrected chi connectivity index (χ0v) is 11.1. The second-order valence-electron chi connectivity index (χ2n) is 4.08. The minimum atomic E-state index is -2.37. The number of hydrogen-bond donors (Lipinski definition) is 1. The van der Waals surface area contributed by atoms with Gasteiger partial charge in [0.1, 0.15) is 18.0 Å². The fourth-order valence-electron chi connectivity index (χ4n) is 1.75. The molecule has 0 aliphatic rings. The highest BCUT2D eigenvalue weighted by molar-refractivity contribution is 5.58. The molecule has 102 valence electrons. The van der Waals surface area contributed by atoms with Gasteiger partial charge in [-0.1, -0.05) is 13.8 Å². The van der Waals surface area contributed by atoms with Crippen molar-refractivity contribution in [2.75, 3.05) is 30.4 Å². The molecule has 0 aromatic carbocycles. The Labute approximate surface area is 106 Å². The molecule has 0 spiro atoms. The monoisotopic (exact) mass is 258 g/mol. The van der Waals surface area contributed by atoms with E-state index in [4.69, 9.17) is 0 Å². The number of hydrogen-bond acceptors (Lipinski definition) is 4. The van der Waals surface area contributed by atoms with Gasteiger partial charge in [-0.2, -0.15) is 0 Å². The average molecular weight is 258 g/mol. The summed E-state index contributed by atoms with van der Waals surface area (Å²) in [6, 6.07) is 0. The molecule has 4 nitrogen and oxygen atoms in total. The lowest BCUT2D eigenvalue weighted by Gasteiger charge is -2.21. The normalized spacial score (nSPS) is 10.8. The smallest absolute Gasteiger partial charge is 0.255 e. The second kappa shape index (κ2) is 7.08. The second-order valence-corrected chi connectivity index (χ2v) is 4.08. The highest BCUT2D eigenvalue weighted by Crippen LogP contribution is 2.23. The summed E-state index contributed by atoms with van der Waals surface area (Å²) in [7, 11) is 1.62. The summed E-state index contributed by atoms with van der Waals surface area (Å²) >= 11 is 0. The minimum Gasteiger partial charge on any atom is -0.370 e. The number of aromatic nitrogens is 2. The Bertz CT molecular complexity index is 371. The lowest BCUT2D eigenvalue weighted by Crippen LogP contribution is -2.26. The fourth-order valence-corrected chi connectivity index (χ4v) is 1.75. The van der Waals surface area contributed by atoms with E-state index in [1.54, 1.807) is 7.05 Å². The SMILES string of the molecule is CCCNc1ncnc(N(C)CC(F)F)c1CC. The van der Waals surface area contributed by atoms with E-state index in [9.17, 15) is 8.78 Å². The van der Waals surface area contributed by atoms with Crippen LogP contribution < -0.4 is 10.2 Å². The van der Waals surface area contributed by atoms with Crippen LogP contribution in [0.1, 0.15) is 25.8 Å². The first-order chi connectivity index (χ1) is 8.60. The molecule has 1 N–H and O–H groups in total. The van der Waals surface area contributed by atoms with Gasteiger partial charge < -0.3 is 10.2 Å². The molecule has 1 aromatic heterocycles. The van der Waals surface area contributed by atoms with Gasteiger partial charge >= 0.3 is 0 Å². The van der Waals surface area contributed by atoms with Crippen molar-refractivity contribution in [2.45, 2.75) is 33.1 Å². The Balaban J connectivity index is 2.96. The molecule has 0 atom stereocenters. The molecule has 1 rings (SSSR count). The number of rotatable bonds is 7. The number of alkyl halides is 2. The number of halogens is 2. The Hall–Kier alpha value is -1.46. The predicted molar refractivity (Wildman–Crippen MR) is 69.5 cm³/mol. The minimum absolute atomic E-state index is 0.322. The molecule has 0 bridgehead atoms. The van der Waals surface area contributed by atoms with Crippen molar-refractivity contribution in [3.63, 3.8) is 0 Å². The van der Waals surface area contributed by atoms with E-state index in [1.165, 1.54) is 11.2 Å². The largest absolute Gasteiger partial charge is 0.370 e. The van der Waals surface area contributed by atoms with E-state index in [0.29, 0.717) is 12.2 Å². The third-order valence-corrected chi connectivity index (χ3v) is 2.59. The van der Waals surface area contributed by atoms with Gasteiger partial charge in [0, 0.05) is 19.2 Å². The van der Waals surface area contributed by atoms with Crippen LogP contribution in [0.25, 0.3) is 0 Å². The molecule has 18 heavy (non-hydrogen) atoms. The molecule has 0 amide bonds. The van der Waals surface area contributed by atoms with Crippen LogP contribution in [0.4, 0.5) is 20.4 Å². The van der Waals surface area contributed by atoms with Crippen LogP contribution in [0, 0.1) is 0 Å². The van der Waals surface area contributed by atoms with Crippen LogP contribution >= 0.6 is 0 Å².